The van der Waals surface area contributed by atoms with Gasteiger partial charge in [0.05, 0.1) is 12.1 Å². The molecule has 1 saturated carbocycles. The first-order valence-electron chi connectivity index (χ1n) is 5.15. The number of aromatic nitrogens is 2. The van der Waals surface area contributed by atoms with E-state index in [1.165, 1.54) is 16.8 Å². The van der Waals surface area contributed by atoms with Gasteiger partial charge in [0.2, 0.25) is 5.95 Å². The second-order valence-corrected chi connectivity index (χ2v) is 3.91. The predicted octanol–water partition coefficient (Wildman–Crippen LogP) is 0.106. The van der Waals surface area contributed by atoms with Gasteiger partial charge in [-0.2, -0.15) is 0 Å². The fourth-order valence-electron chi connectivity index (χ4n) is 1.88. The number of hydrogen-bond acceptors (Lipinski definition) is 4. The van der Waals surface area contributed by atoms with Gasteiger partial charge in [0.25, 0.3) is 5.56 Å². The summed E-state index contributed by atoms with van der Waals surface area (Å²) >= 11 is 0. The van der Waals surface area contributed by atoms with Gasteiger partial charge in [-0.1, -0.05) is 0 Å². The van der Waals surface area contributed by atoms with E-state index in [1.54, 1.807) is 7.05 Å². The molecule has 0 aromatic carbocycles. The molecule has 1 aliphatic carbocycles. The minimum absolute atomic E-state index is 0.0190. The van der Waals surface area contributed by atoms with Gasteiger partial charge >= 0.3 is 0 Å². The fraction of sp³-hybridized carbons (Fsp3) is 0.600. The van der Waals surface area contributed by atoms with Crippen LogP contribution in [0.4, 0.5) is 5.95 Å². The number of aliphatic hydroxyl groups excluding tert-OH is 1. The number of hydrogen-bond donors (Lipinski definition) is 2. The lowest BCUT2D eigenvalue weighted by molar-refractivity contribution is 0.171. The molecule has 0 unspecified atom stereocenters. The van der Waals surface area contributed by atoms with Crippen LogP contribution in [-0.4, -0.2) is 26.8 Å². The van der Waals surface area contributed by atoms with Crippen LogP contribution in [0, 0.1) is 0 Å². The summed E-state index contributed by atoms with van der Waals surface area (Å²) < 4.78 is 1.45. The summed E-state index contributed by atoms with van der Waals surface area (Å²) in [5.41, 5.74) is -0.0972. The molecular formula is C10H15N3O2. The maximum absolute atomic E-state index is 11.3. The Kier molecular flexibility index (Phi) is 2.73. The van der Waals surface area contributed by atoms with Gasteiger partial charge in [-0.3, -0.25) is 9.36 Å². The third-order valence-corrected chi connectivity index (χ3v) is 2.86. The third kappa shape index (κ3) is 2.02. The van der Waals surface area contributed by atoms with Gasteiger partial charge in [0.1, 0.15) is 0 Å². The first-order valence-corrected chi connectivity index (χ1v) is 5.15. The molecule has 15 heavy (non-hydrogen) atoms. The zero-order valence-corrected chi connectivity index (χ0v) is 8.68. The van der Waals surface area contributed by atoms with E-state index >= 15 is 0 Å². The lowest BCUT2D eigenvalue weighted by Crippen LogP contribution is -2.31. The maximum Gasteiger partial charge on any atom is 0.254 e. The molecule has 1 heterocycles. The number of anilines is 1. The van der Waals surface area contributed by atoms with Crippen LogP contribution in [0.15, 0.2) is 17.1 Å². The zero-order chi connectivity index (χ0) is 10.8. The van der Waals surface area contributed by atoms with E-state index in [2.05, 4.69) is 10.3 Å². The first-order chi connectivity index (χ1) is 7.18. The van der Waals surface area contributed by atoms with Crippen molar-refractivity contribution in [3.8, 4) is 0 Å². The monoisotopic (exact) mass is 209 g/mol. The van der Waals surface area contributed by atoms with Crippen molar-refractivity contribution in [3.05, 3.63) is 22.6 Å². The molecular weight excluding hydrogens is 194 g/mol. The fourth-order valence-corrected chi connectivity index (χ4v) is 1.88. The summed E-state index contributed by atoms with van der Waals surface area (Å²) in [5, 5.41) is 12.7. The summed E-state index contributed by atoms with van der Waals surface area (Å²) in [6.07, 6.45) is 3.90. The molecule has 5 heteroatoms. The third-order valence-electron chi connectivity index (χ3n) is 2.86. The van der Waals surface area contributed by atoms with Gasteiger partial charge < -0.3 is 10.4 Å². The van der Waals surface area contributed by atoms with Crippen LogP contribution in [0.2, 0.25) is 0 Å². The molecule has 0 amide bonds. The number of aliphatic hydroxyl groups is 1. The van der Waals surface area contributed by atoms with Gasteiger partial charge in [-0.05, 0) is 19.3 Å². The average Bonchev–Trinajstić information content (AvgIpc) is 2.60. The Hall–Kier alpha value is -1.36. The van der Waals surface area contributed by atoms with E-state index in [9.17, 15) is 9.90 Å². The van der Waals surface area contributed by atoms with Crippen molar-refractivity contribution in [1.82, 2.24) is 9.55 Å². The highest BCUT2D eigenvalue weighted by Gasteiger charge is 2.25. The Labute approximate surface area is 87.8 Å². The largest absolute Gasteiger partial charge is 0.391 e. The van der Waals surface area contributed by atoms with Crippen molar-refractivity contribution in [1.29, 1.82) is 0 Å². The summed E-state index contributed by atoms with van der Waals surface area (Å²) in [7, 11) is 1.67. The second-order valence-electron chi connectivity index (χ2n) is 3.91. The topological polar surface area (TPSA) is 67.2 Å². The summed E-state index contributed by atoms with van der Waals surface area (Å²) in [6, 6.07) is 1.43. The summed E-state index contributed by atoms with van der Waals surface area (Å²) in [5.74, 6) is 0.522. The Bertz CT molecular complexity index is 402. The quantitative estimate of drug-likeness (QED) is 0.725. The highest BCUT2D eigenvalue weighted by atomic mass is 16.3. The standard InChI is InChI=1S/C10H15N3O2/c1-13-9(15)5-6-11-10(13)12-7-3-2-4-8(7)14/h5-8,14H,2-4H2,1H3,(H,11,12)/t7-,8-/m1/s1. The molecule has 1 fully saturated rings. The van der Waals surface area contributed by atoms with Crippen molar-refractivity contribution in [3.63, 3.8) is 0 Å². The van der Waals surface area contributed by atoms with Crippen molar-refractivity contribution in [2.45, 2.75) is 31.4 Å². The van der Waals surface area contributed by atoms with E-state index in [-0.39, 0.29) is 17.7 Å². The van der Waals surface area contributed by atoms with Gasteiger partial charge in [-0.25, -0.2) is 4.98 Å². The van der Waals surface area contributed by atoms with Crippen molar-refractivity contribution >= 4 is 5.95 Å². The van der Waals surface area contributed by atoms with Crippen LogP contribution in [0.25, 0.3) is 0 Å². The van der Waals surface area contributed by atoms with Crippen molar-refractivity contribution in [2.24, 2.45) is 7.05 Å². The predicted molar refractivity (Wildman–Crippen MR) is 56.7 cm³/mol. The average molecular weight is 209 g/mol. The van der Waals surface area contributed by atoms with Crippen LogP contribution in [0.1, 0.15) is 19.3 Å². The van der Waals surface area contributed by atoms with Crippen molar-refractivity contribution < 1.29 is 5.11 Å². The van der Waals surface area contributed by atoms with Gasteiger partial charge in [-0.15, -0.1) is 0 Å². The first kappa shape index (κ1) is 10.2. The molecule has 1 aliphatic rings. The Morgan fingerprint density at radius 2 is 2.40 bits per heavy atom. The molecule has 5 nitrogen and oxygen atoms in total. The molecule has 0 radical (unpaired) electrons. The normalized spacial score (nSPS) is 25.5. The minimum Gasteiger partial charge on any atom is -0.391 e. The van der Waals surface area contributed by atoms with Gasteiger partial charge in [0.15, 0.2) is 0 Å². The molecule has 1 aromatic heterocycles. The van der Waals surface area contributed by atoms with E-state index in [0.29, 0.717) is 5.95 Å². The molecule has 1 aromatic rings. The Morgan fingerprint density at radius 3 is 3.07 bits per heavy atom. The molecule has 0 spiro atoms. The molecule has 2 N–H and O–H groups in total. The van der Waals surface area contributed by atoms with Gasteiger partial charge in [0, 0.05) is 19.3 Å². The van der Waals surface area contributed by atoms with Crippen LogP contribution in [-0.2, 0) is 7.05 Å². The molecule has 2 atom stereocenters. The second kappa shape index (κ2) is 4.02. The zero-order valence-electron chi connectivity index (χ0n) is 8.68. The van der Waals surface area contributed by atoms with E-state index in [4.69, 9.17) is 0 Å². The lowest BCUT2D eigenvalue weighted by Gasteiger charge is -2.18. The summed E-state index contributed by atoms with van der Waals surface area (Å²) in [6.45, 7) is 0. The molecule has 0 saturated heterocycles. The number of rotatable bonds is 2. The minimum atomic E-state index is -0.331. The Morgan fingerprint density at radius 1 is 1.60 bits per heavy atom. The smallest absolute Gasteiger partial charge is 0.254 e. The number of nitrogens with one attached hydrogen (secondary N) is 1. The van der Waals surface area contributed by atoms with Crippen molar-refractivity contribution in [2.75, 3.05) is 5.32 Å². The molecule has 82 valence electrons. The van der Waals surface area contributed by atoms with E-state index < -0.39 is 0 Å². The summed E-state index contributed by atoms with van der Waals surface area (Å²) in [4.78, 5) is 15.4. The Balaban J connectivity index is 2.17. The molecule has 2 rings (SSSR count). The van der Waals surface area contributed by atoms with E-state index in [1.807, 2.05) is 0 Å². The maximum atomic E-state index is 11.3. The molecule has 0 aliphatic heterocycles. The van der Waals surface area contributed by atoms with Crippen LogP contribution < -0.4 is 10.9 Å². The highest BCUT2D eigenvalue weighted by Crippen LogP contribution is 2.21. The SMILES string of the molecule is Cn1c(N[C@@H]2CCC[C@H]2O)nccc1=O. The molecule has 0 bridgehead atoms. The van der Waals surface area contributed by atoms with Crippen LogP contribution >= 0.6 is 0 Å². The van der Waals surface area contributed by atoms with E-state index in [0.717, 1.165) is 19.3 Å². The highest BCUT2D eigenvalue weighted by molar-refractivity contribution is 5.27. The van der Waals surface area contributed by atoms with Crippen LogP contribution in [0.5, 0.6) is 0 Å². The van der Waals surface area contributed by atoms with Crippen LogP contribution in [0.3, 0.4) is 0 Å². The lowest BCUT2D eigenvalue weighted by atomic mass is 10.2. The number of nitrogens with zero attached hydrogens (tertiary/aromatic N) is 2.